The molecule has 2 aromatic heterocycles. The highest BCUT2D eigenvalue weighted by molar-refractivity contribution is 5.82. The lowest BCUT2D eigenvalue weighted by atomic mass is 9.98. The Balaban J connectivity index is 1.44. The first kappa shape index (κ1) is 13.3. The Bertz CT molecular complexity index is 837. The zero-order chi connectivity index (χ0) is 15.4. The normalized spacial score (nSPS) is 27.8. The van der Waals surface area contributed by atoms with Crippen LogP contribution in [0.3, 0.4) is 0 Å². The van der Waals surface area contributed by atoms with Crippen molar-refractivity contribution in [3.8, 4) is 11.3 Å². The fourth-order valence-electron chi connectivity index (χ4n) is 4.31. The molecule has 2 atom stereocenters. The zero-order valence-corrected chi connectivity index (χ0v) is 13.2. The molecule has 0 unspecified atom stereocenters. The van der Waals surface area contributed by atoms with Crippen LogP contribution in [0.15, 0.2) is 41.1 Å². The minimum Gasteiger partial charge on any atom is -0.464 e. The molecule has 4 heterocycles. The molecule has 0 saturated carbocycles. The number of piperidine rings is 1. The second-order valence-electron chi connectivity index (χ2n) is 6.93. The van der Waals surface area contributed by atoms with E-state index in [1.54, 1.807) is 6.26 Å². The Morgan fingerprint density at radius 1 is 1.09 bits per heavy atom. The minimum atomic E-state index is 0.489. The van der Waals surface area contributed by atoms with Gasteiger partial charge in [-0.1, -0.05) is 5.21 Å². The van der Waals surface area contributed by atoms with Crippen molar-refractivity contribution >= 4 is 11.0 Å². The van der Waals surface area contributed by atoms with Crippen molar-refractivity contribution < 1.29 is 4.42 Å². The van der Waals surface area contributed by atoms with Crippen LogP contribution in [0.2, 0.25) is 0 Å². The van der Waals surface area contributed by atoms with Crippen molar-refractivity contribution in [3.63, 3.8) is 0 Å². The minimum absolute atomic E-state index is 0.489. The summed E-state index contributed by atoms with van der Waals surface area (Å²) >= 11 is 0. The van der Waals surface area contributed by atoms with E-state index in [4.69, 9.17) is 4.42 Å². The van der Waals surface area contributed by atoms with Gasteiger partial charge in [0.1, 0.15) is 11.3 Å². The largest absolute Gasteiger partial charge is 0.464 e. The van der Waals surface area contributed by atoms with Gasteiger partial charge in [0.15, 0.2) is 0 Å². The molecule has 3 aromatic rings. The van der Waals surface area contributed by atoms with E-state index in [0.717, 1.165) is 22.2 Å². The van der Waals surface area contributed by atoms with Crippen LogP contribution in [0.25, 0.3) is 22.2 Å². The van der Waals surface area contributed by atoms with E-state index in [1.165, 1.54) is 25.7 Å². The number of aromatic nitrogens is 3. The molecule has 5 heteroatoms. The van der Waals surface area contributed by atoms with Gasteiger partial charge >= 0.3 is 0 Å². The van der Waals surface area contributed by atoms with Crippen LogP contribution < -0.4 is 0 Å². The van der Waals surface area contributed by atoms with E-state index >= 15 is 0 Å². The molecule has 0 aliphatic carbocycles. The average Bonchev–Trinajstić information content (AvgIpc) is 3.25. The fraction of sp³-hybridized carbons (Fsp3) is 0.444. The topological polar surface area (TPSA) is 47.1 Å². The number of rotatable bonds is 2. The predicted molar refractivity (Wildman–Crippen MR) is 88.1 cm³/mol. The Morgan fingerprint density at radius 2 is 1.91 bits per heavy atom. The van der Waals surface area contributed by atoms with Gasteiger partial charge in [0, 0.05) is 23.0 Å². The molecule has 23 heavy (non-hydrogen) atoms. The van der Waals surface area contributed by atoms with Crippen molar-refractivity contribution in [2.45, 2.75) is 43.8 Å². The van der Waals surface area contributed by atoms with Crippen molar-refractivity contribution in [1.29, 1.82) is 0 Å². The van der Waals surface area contributed by atoms with Crippen LogP contribution in [0.5, 0.6) is 0 Å². The molecule has 5 rings (SSSR count). The van der Waals surface area contributed by atoms with Crippen LogP contribution in [0.1, 0.15) is 31.7 Å². The molecule has 2 bridgehead atoms. The summed E-state index contributed by atoms with van der Waals surface area (Å²) in [5.74, 6) is 0. The van der Waals surface area contributed by atoms with Gasteiger partial charge in [-0.25, -0.2) is 4.68 Å². The first-order chi connectivity index (χ1) is 11.3. The molecule has 0 spiro atoms. The number of furan rings is 1. The smallest absolute Gasteiger partial charge is 0.133 e. The van der Waals surface area contributed by atoms with E-state index < -0.39 is 0 Å². The summed E-state index contributed by atoms with van der Waals surface area (Å²) in [5, 5.41) is 9.95. The maximum atomic E-state index is 5.40. The van der Waals surface area contributed by atoms with Gasteiger partial charge in [-0.15, -0.1) is 5.10 Å². The molecular formula is C18H20N4O. The predicted octanol–water partition coefficient (Wildman–Crippen LogP) is 3.49. The van der Waals surface area contributed by atoms with Crippen LogP contribution in [0, 0.1) is 0 Å². The van der Waals surface area contributed by atoms with Crippen LogP contribution in [0.4, 0.5) is 0 Å². The van der Waals surface area contributed by atoms with Crippen LogP contribution in [-0.4, -0.2) is 39.0 Å². The molecule has 1 aromatic carbocycles. The molecular weight excluding hydrogens is 288 g/mol. The van der Waals surface area contributed by atoms with Crippen molar-refractivity contribution in [2.24, 2.45) is 0 Å². The Labute approximate surface area is 134 Å². The second kappa shape index (κ2) is 4.93. The third-order valence-electron chi connectivity index (χ3n) is 5.71. The monoisotopic (exact) mass is 308 g/mol. The number of hydrogen-bond donors (Lipinski definition) is 0. The van der Waals surface area contributed by atoms with Gasteiger partial charge in [-0.3, -0.25) is 0 Å². The zero-order valence-electron chi connectivity index (χ0n) is 13.2. The van der Waals surface area contributed by atoms with Gasteiger partial charge in [-0.05, 0) is 57.0 Å². The average molecular weight is 308 g/mol. The standard InChI is InChI=1S/C18H20N4O/c1-21-14-3-4-15(21)10-16(9-14)22-11-17(19-20-22)12-2-5-18-13(8-12)6-7-23-18/h2,5-8,11,14-16H,3-4,9-10H2,1H3/t14-,15-/m1/s1. The molecule has 2 aliphatic heterocycles. The van der Waals surface area contributed by atoms with Gasteiger partial charge < -0.3 is 9.32 Å². The summed E-state index contributed by atoms with van der Waals surface area (Å²) in [7, 11) is 2.27. The maximum absolute atomic E-state index is 5.40. The molecule has 0 N–H and O–H groups in total. The van der Waals surface area contributed by atoms with E-state index in [1.807, 2.05) is 12.1 Å². The summed E-state index contributed by atoms with van der Waals surface area (Å²) in [6.07, 6.45) is 8.87. The summed E-state index contributed by atoms with van der Waals surface area (Å²) in [4.78, 5) is 2.56. The van der Waals surface area contributed by atoms with E-state index in [2.05, 4.69) is 45.3 Å². The number of fused-ring (bicyclic) bond motifs is 3. The highest BCUT2D eigenvalue weighted by Gasteiger charge is 2.39. The maximum Gasteiger partial charge on any atom is 0.133 e. The van der Waals surface area contributed by atoms with E-state index in [9.17, 15) is 0 Å². The molecule has 0 radical (unpaired) electrons. The molecule has 5 nitrogen and oxygen atoms in total. The van der Waals surface area contributed by atoms with E-state index in [0.29, 0.717) is 18.1 Å². The van der Waals surface area contributed by atoms with Gasteiger partial charge in [0.2, 0.25) is 0 Å². The first-order valence-electron chi connectivity index (χ1n) is 8.39. The summed E-state index contributed by atoms with van der Waals surface area (Å²) in [5.41, 5.74) is 2.95. The number of nitrogens with zero attached hydrogens (tertiary/aromatic N) is 4. The van der Waals surface area contributed by atoms with Gasteiger partial charge in [-0.2, -0.15) is 0 Å². The van der Waals surface area contributed by atoms with E-state index in [-0.39, 0.29) is 0 Å². The molecule has 2 aliphatic rings. The Hall–Kier alpha value is -2.14. The SMILES string of the molecule is CN1[C@@H]2CC[C@@H]1CC(n1cc(-c3ccc4occc4c3)nn1)C2. The fourth-order valence-corrected chi connectivity index (χ4v) is 4.31. The molecule has 2 fully saturated rings. The van der Waals surface area contributed by atoms with Crippen LogP contribution >= 0.6 is 0 Å². The molecule has 2 saturated heterocycles. The van der Waals surface area contributed by atoms with Gasteiger partial charge in [0.05, 0.1) is 18.5 Å². The summed E-state index contributed by atoms with van der Waals surface area (Å²) in [6, 6.07) is 10.1. The quantitative estimate of drug-likeness (QED) is 0.727. The summed E-state index contributed by atoms with van der Waals surface area (Å²) in [6.45, 7) is 0. The highest BCUT2D eigenvalue weighted by atomic mass is 16.3. The molecule has 118 valence electrons. The third kappa shape index (κ3) is 2.10. The lowest BCUT2D eigenvalue weighted by Crippen LogP contribution is -2.40. The Kier molecular flexibility index (Phi) is 2.85. The van der Waals surface area contributed by atoms with Crippen LogP contribution in [-0.2, 0) is 0 Å². The number of benzene rings is 1. The highest BCUT2D eigenvalue weighted by Crippen LogP contribution is 2.39. The van der Waals surface area contributed by atoms with Crippen molar-refractivity contribution in [3.05, 3.63) is 36.7 Å². The van der Waals surface area contributed by atoms with Crippen molar-refractivity contribution in [2.75, 3.05) is 7.05 Å². The lowest BCUT2D eigenvalue weighted by Gasteiger charge is -2.36. The summed E-state index contributed by atoms with van der Waals surface area (Å²) < 4.78 is 7.49. The Morgan fingerprint density at radius 3 is 2.74 bits per heavy atom. The van der Waals surface area contributed by atoms with Gasteiger partial charge in [0.25, 0.3) is 0 Å². The lowest BCUT2D eigenvalue weighted by molar-refractivity contribution is 0.130. The second-order valence-corrected chi connectivity index (χ2v) is 6.93. The molecule has 0 amide bonds. The first-order valence-corrected chi connectivity index (χ1v) is 8.39. The third-order valence-corrected chi connectivity index (χ3v) is 5.71. The number of hydrogen-bond acceptors (Lipinski definition) is 4. The van der Waals surface area contributed by atoms with Crippen molar-refractivity contribution in [1.82, 2.24) is 19.9 Å².